The van der Waals surface area contributed by atoms with Gasteiger partial charge in [-0.15, -0.1) is 0 Å². The summed E-state index contributed by atoms with van der Waals surface area (Å²) in [5.41, 5.74) is 1.25. The summed E-state index contributed by atoms with van der Waals surface area (Å²) in [6, 6.07) is 7.20. The maximum absolute atomic E-state index is 12.6. The Bertz CT molecular complexity index is 740. The Kier molecular flexibility index (Phi) is 7.65. The van der Waals surface area contributed by atoms with Gasteiger partial charge in [0, 0.05) is 31.0 Å². The normalized spacial score (nSPS) is 31.8. The number of halogens is 2. The summed E-state index contributed by atoms with van der Waals surface area (Å²) >= 11 is 12.5. The monoisotopic (exact) mass is 451 g/mol. The van der Waals surface area contributed by atoms with Crippen LogP contribution >= 0.6 is 23.2 Å². The fraction of sp³-hybridized carbons (Fsp3) is 0.720. The molecule has 30 heavy (non-hydrogen) atoms. The molecule has 3 heterocycles. The molecule has 0 aromatic heterocycles. The van der Waals surface area contributed by atoms with Gasteiger partial charge in [-0.2, -0.15) is 0 Å². The van der Waals surface area contributed by atoms with Crippen molar-refractivity contribution in [2.75, 3.05) is 6.54 Å². The average Bonchev–Trinajstić information content (AvgIpc) is 3.14. The van der Waals surface area contributed by atoms with Crippen LogP contribution in [0.1, 0.15) is 89.0 Å². The summed E-state index contributed by atoms with van der Waals surface area (Å²) in [7, 11) is 0. The lowest BCUT2D eigenvalue weighted by Gasteiger charge is -2.37. The number of hydrogen-bond donors (Lipinski definition) is 0. The summed E-state index contributed by atoms with van der Waals surface area (Å²) < 4.78 is 6.09. The molecule has 0 spiro atoms. The molecule has 1 aromatic carbocycles. The van der Waals surface area contributed by atoms with E-state index in [1.165, 1.54) is 50.5 Å². The van der Waals surface area contributed by atoms with Gasteiger partial charge in [-0.25, -0.2) is 0 Å². The molecular weight excluding hydrogens is 417 g/mol. The Labute approximate surface area is 191 Å². The van der Waals surface area contributed by atoms with Crippen LogP contribution in [-0.2, 0) is 9.53 Å². The molecule has 3 saturated heterocycles. The Morgan fingerprint density at radius 3 is 2.60 bits per heavy atom. The molecule has 4 rings (SSSR count). The predicted molar refractivity (Wildman–Crippen MR) is 123 cm³/mol. The van der Waals surface area contributed by atoms with E-state index in [-0.39, 0.29) is 12.1 Å². The third-order valence-electron chi connectivity index (χ3n) is 7.58. The zero-order valence-corrected chi connectivity index (χ0v) is 19.6. The van der Waals surface area contributed by atoms with Crippen LogP contribution in [0, 0.1) is 5.92 Å². The van der Waals surface area contributed by atoms with Crippen LogP contribution in [0.15, 0.2) is 18.2 Å². The Morgan fingerprint density at radius 2 is 1.83 bits per heavy atom. The minimum Gasteiger partial charge on any atom is -0.461 e. The molecule has 166 valence electrons. The maximum atomic E-state index is 12.6. The van der Waals surface area contributed by atoms with E-state index in [1.807, 2.05) is 12.1 Å². The third kappa shape index (κ3) is 4.84. The number of hydrogen-bond acceptors (Lipinski definition) is 3. The summed E-state index contributed by atoms with van der Waals surface area (Å²) in [5.74, 6) is 0.762. The van der Waals surface area contributed by atoms with E-state index < -0.39 is 0 Å². The molecule has 3 nitrogen and oxygen atoms in total. The first kappa shape index (κ1) is 22.4. The highest BCUT2D eigenvalue weighted by molar-refractivity contribution is 6.42. The van der Waals surface area contributed by atoms with Gasteiger partial charge in [0.25, 0.3) is 0 Å². The standard InChI is InChI=1S/C25H35Cl2NO2/c1-2-3-4-5-6-7-8-9-24(29)30-23-16-28-18-11-13-22(28)25(23)19(15-18)17-10-12-20(26)21(27)14-17/h10,12,14,18-19,22-23,25H,2-9,11,13,15-16H2,1H3/t18-,19+,22?,23+,25-/m1/s1. The summed E-state index contributed by atoms with van der Waals surface area (Å²) in [6.07, 6.45) is 12.7. The van der Waals surface area contributed by atoms with E-state index in [4.69, 9.17) is 27.9 Å². The minimum atomic E-state index is -0.00827. The molecule has 0 radical (unpaired) electrons. The van der Waals surface area contributed by atoms with E-state index >= 15 is 0 Å². The maximum Gasteiger partial charge on any atom is 0.306 e. The van der Waals surface area contributed by atoms with E-state index in [0.29, 0.717) is 40.4 Å². The second kappa shape index (κ2) is 10.2. The summed E-state index contributed by atoms with van der Waals surface area (Å²) in [5, 5.41) is 1.22. The molecule has 3 aliphatic heterocycles. The zero-order valence-electron chi connectivity index (χ0n) is 18.1. The van der Waals surface area contributed by atoms with Crippen molar-refractivity contribution in [3.63, 3.8) is 0 Å². The second-order valence-corrected chi connectivity index (χ2v) is 10.3. The van der Waals surface area contributed by atoms with Gasteiger partial charge in [-0.1, -0.05) is 74.7 Å². The topological polar surface area (TPSA) is 29.5 Å². The van der Waals surface area contributed by atoms with Gasteiger partial charge in [0.15, 0.2) is 0 Å². The van der Waals surface area contributed by atoms with Crippen LogP contribution in [0.2, 0.25) is 10.0 Å². The quantitative estimate of drug-likeness (QED) is 0.283. The number of esters is 1. The number of nitrogens with zero attached hydrogens (tertiary/aromatic N) is 1. The molecule has 0 saturated carbocycles. The van der Waals surface area contributed by atoms with Crippen molar-refractivity contribution in [2.45, 2.75) is 102 Å². The largest absolute Gasteiger partial charge is 0.461 e. The summed E-state index contributed by atoms with van der Waals surface area (Å²) in [4.78, 5) is 15.2. The number of benzene rings is 1. The highest BCUT2D eigenvalue weighted by atomic mass is 35.5. The van der Waals surface area contributed by atoms with Crippen molar-refractivity contribution in [1.82, 2.24) is 4.90 Å². The van der Waals surface area contributed by atoms with E-state index in [1.54, 1.807) is 0 Å². The first-order valence-electron chi connectivity index (χ1n) is 12.0. The van der Waals surface area contributed by atoms with Gasteiger partial charge in [0.2, 0.25) is 0 Å². The average molecular weight is 452 g/mol. The lowest BCUT2D eigenvalue weighted by atomic mass is 9.76. The van der Waals surface area contributed by atoms with Crippen molar-refractivity contribution in [3.05, 3.63) is 33.8 Å². The first-order valence-corrected chi connectivity index (χ1v) is 12.7. The smallest absolute Gasteiger partial charge is 0.306 e. The molecule has 3 aliphatic rings. The highest BCUT2D eigenvalue weighted by Crippen LogP contribution is 2.53. The molecule has 6 atom stereocenters. The fourth-order valence-electron chi connectivity index (χ4n) is 6.14. The van der Waals surface area contributed by atoms with Gasteiger partial charge < -0.3 is 4.74 Å². The first-order chi connectivity index (χ1) is 14.6. The van der Waals surface area contributed by atoms with Crippen LogP contribution < -0.4 is 0 Å². The number of ether oxygens (including phenoxy) is 1. The predicted octanol–water partition coefficient (Wildman–Crippen LogP) is 7.00. The van der Waals surface area contributed by atoms with Crippen molar-refractivity contribution >= 4 is 29.2 Å². The number of carbonyl (C=O) groups excluding carboxylic acids is 1. The fourth-order valence-corrected chi connectivity index (χ4v) is 6.45. The molecule has 5 heteroatoms. The molecule has 4 bridgehead atoms. The Balaban J connectivity index is 1.34. The van der Waals surface area contributed by atoms with Crippen molar-refractivity contribution in [1.29, 1.82) is 0 Å². The molecule has 0 N–H and O–H groups in total. The molecule has 0 amide bonds. The van der Waals surface area contributed by atoms with Crippen molar-refractivity contribution in [3.8, 4) is 0 Å². The van der Waals surface area contributed by atoms with E-state index in [2.05, 4.69) is 17.9 Å². The number of unbranched alkanes of at least 4 members (excludes halogenated alkanes) is 6. The molecule has 0 aliphatic carbocycles. The zero-order chi connectivity index (χ0) is 21.1. The van der Waals surface area contributed by atoms with Gasteiger partial charge in [-0.05, 0) is 49.3 Å². The Hall–Kier alpha value is -0.770. The van der Waals surface area contributed by atoms with Gasteiger partial charge >= 0.3 is 5.97 Å². The van der Waals surface area contributed by atoms with E-state index in [0.717, 1.165) is 25.8 Å². The number of rotatable bonds is 10. The number of piperidine rings is 1. The number of carbonyl (C=O) groups is 1. The van der Waals surface area contributed by atoms with Crippen LogP contribution in [0.4, 0.5) is 0 Å². The summed E-state index contributed by atoms with van der Waals surface area (Å²) in [6.45, 7) is 3.14. The molecule has 2 unspecified atom stereocenters. The SMILES string of the molecule is CCCCCCCCCC(=O)O[C@H]1CN2C3CC[C@@H]2C[C@@H](c2ccc(Cl)c(Cl)c2)[C@H]31. The molecule has 3 fully saturated rings. The lowest BCUT2D eigenvalue weighted by molar-refractivity contribution is -0.150. The molecule has 1 aromatic rings. The lowest BCUT2D eigenvalue weighted by Crippen LogP contribution is -2.41. The van der Waals surface area contributed by atoms with Crippen LogP contribution in [-0.4, -0.2) is 35.6 Å². The van der Waals surface area contributed by atoms with Gasteiger partial charge in [0.1, 0.15) is 6.10 Å². The molecular formula is C25H35Cl2NO2. The highest BCUT2D eigenvalue weighted by Gasteiger charge is 2.56. The van der Waals surface area contributed by atoms with Crippen LogP contribution in [0.25, 0.3) is 0 Å². The second-order valence-electron chi connectivity index (χ2n) is 9.49. The Morgan fingerprint density at radius 1 is 1.07 bits per heavy atom. The van der Waals surface area contributed by atoms with E-state index in [9.17, 15) is 4.79 Å². The van der Waals surface area contributed by atoms with Crippen molar-refractivity contribution < 1.29 is 9.53 Å². The van der Waals surface area contributed by atoms with Crippen molar-refractivity contribution in [2.24, 2.45) is 5.92 Å². The van der Waals surface area contributed by atoms with Gasteiger partial charge in [-0.3, -0.25) is 9.69 Å². The third-order valence-corrected chi connectivity index (χ3v) is 8.32. The minimum absolute atomic E-state index is 0.00827. The van der Waals surface area contributed by atoms with Crippen LogP contribution in [0.5, 0.6) is 0 Å². The van der Waals surface area contributed by atoms with Gasteiger partial charge in [0.05, 0.1) is 10.0 Å². The van der Waals surface area contributed by atoms with Crippen LogP contribution in [0.3, 0.4) is 0 Å².